The molecule has 1 aliphatic carbocycles. The average molecular weight is 410 g/mol. The minimum Gasteiger partial charge on any atom is -0.426 e. The number of hydrogen-bond donors (Lipinski definition) is 0. The summed E-state index contributed by atoms with van der Waals surface area (Å²) in [5.41, 5.74) is 2.86. The van der Waals surface area contributed by atoms with Crippen LogP contribution in [0.2, 0.25) is 0 Å². The topological polar surface area (TPSA) is 55.8 Å². The molecule has 5 nitrogen and oxygen atoms in total. The number of ether oxygens (including phenoxy) is 2. The molecule has 0 aromatic heterocycles. The summed E-state index contributed by atoms with van der Waals surface area (Å²) in [5.74, 6) is 0.203. The zero-order valence-electron chi connectivity index (χ0n) is 18.1. The summed E-state index contributed by atoms with van der Waals surface area (Å²) in [5, 5.41) is 0. The Morgan fingerprint density at radius 2 is 1.77 bits per heavy atom. The van der Waals surface area contributed by atoms with Crippen molar-refractivity contribution < 1.29 is 19.1 Å². The Hall–Kier alpha value is -2.66. The molecule has 0 heterocycles. The van der Waals surface area contributed by atoms with Crippen LogP contribution in [-0.2, 0) is 11.2 Å². The minimum absolute atomic E-state index is 0.212. The molecule has 2 aromatic rings. The van der Waals surface area contributed by atoms with Crippen LogP contribution in [-0.4, -0.2) is 36.5 Å². The second kappa shape index (κ2) is 10.4. The molecule has 30 heavy (non-hydrogen) atoms. The second-order valence-electron chi connectivity index (χ2n) is 7.88. The number of hydrogen-bond acceptors (Lipinski definition) is 5. The maximum atomic E-state index is 12.7. The zero-order chi connectivity index (χ0) is 21.5. The summed E-state index contributed by atoms with van der Waals surface area (Å²) in [4.78, 5) is 26.6. The van der Waals surface area contributed by atoms with Crippen LogP contribution in [0, 0.1) is 0 Å². The normalized spacial score (nSPS) is 15.1. The number of esters is 2. The third-order valence-electron chi connectivity index (χ3n) is 5.45. The molecule has 0 aliphatic heterocycles. The maximum Gasteiger partial charge on any atom is 0.347 e. The van der Waals surface area contributed by atoms with Gasteiger partial charge in [0.15, 0.2) is 0 Å². The number of carbonyl (C=O) groups is 2. The van der Waals surface area contributed by atoms with Crippen LogP contribution in [0.5, 0.6) is 11.5 Å². The van der Waals surface area contributed by atoms with Crippen LogP contribution in [0.25, 0.3) is 0 Å². The number of benzene rings is 2. The van der Waals surface area contributed by atoms with Crippen molar-refractivity contribution in [1.82, 2.24) is 4.90 Å². The Morgan fingerprint density at radius 1 is 1.03 bits per heavy atom. The zero-order valence-corrected chi connectivity index (χ0v) is 18.1. The molecule has 0 saturated carbocycles. The van der Waals surface area contributed by atoms with Gasteiger partial charge in [-0.3, -0.25) is 4.79 Å². The third kappa shape index (κ3) is 5.48. The molecule has 3 rings (SSSR count). The first-order valence-corrected chi connectivity index (χ1v) is 10.9. The summed E-state index contributed by atoms with van der Waals surface area (Å²) in [6.45, 7) is 9.01. The van der Waals surface area contributed by atoms with E-state index in [0.29, 0.717) is 11.7 Å². The highest BCUT2D eigenvalue weighted by atomic mass is 16.5. The molecule has 5 heteroatoms. The fourth-order valence-electron chi connectivity index (χ4n) is 4.20. The molecular formula is C25H31NO4. The standard InChI is InChI=1S/C25H31NO4/c1-4-14-26(15-5-2)17-20-11-10-19-12-13-21(16-23(19)20)30-25(28)22-8-6-7-9-24(22)29-18(3)27/h6-9,12-13,16,20H,4-5,10-11,14-15,17H2,1-3H3. The van der Waals surface area contributed by atoms with E-state index < -0.39 is 11.9 Å². The van der Waals surface area contributed by atoms with E-state index >= 15 is 0 Å². The molecule has 0 spiro atoms. The van der Waals surface area contributed by atoms with Gasteiger partial charge in [-0.2, -0.15) is 0 Å². The average Bonchev–Trinajstić information content (AvgIpc) is 3.10. The predicted molar refractivity (Wildman–Crippen MR) is 117 cm³/mol. The fourth-order valence-corrected chi connectivity index (χ4v) is 4.20. The quantitative estimate of drug-likeness (QED) is 0.432. The van der Waals surface area contributed by atoms with E-state index in [1.54, 1.807) is 24.3 Å². The molecule has 0 N–H and O–H groups in total. The summed E-state index contributed by atoms with van der Waals surface area (Å²) in [6, 6.07) is 12.6. The van der Waals surface area contributed by atoms with E-state index in [0.717, 1.165) is 45.3 Å². The van der Waals surface area contributed by atoms with Gasteiger partial charge in [-0.05, 0) is 80.1 Å². The molecule has 0 amide bonds. The van der Waals surface area contributed by atoms with Gasteiger partial charge < -0.3 is 14.4 Å². The van der Waals surface area contributed by atoms with Crippen molar-refractivity contribution in [2.24, 2.45) is 0 Å². The lowest BCUT2D eigenvalue weighted by atomic mass is 10.00. The Balaban J connectivity index is 1.75. The van der Waals surface area contributed by atoms with Crippen molar-refractivity contribution in [3.05, 3.63) is 59.2 Å². The molecule has 1 aliphatic rings. The van der Waals surface area contributed by atoms with E-state index in [9.17, 15) is 9.59 Å². The third-order valence-corrected chi connectivity index (χ3v) is 5.45. The van der Waals surface area contributed by atoms with Crippen molar-refractivity contribution in [2.75, 3.05) is 19.6 Å². The molecule has 1 unspecified atom stereocenters. The number of fused-ring (bicyclic) bond motifs is 1. The van der Waals surface area contributed by atoms with Crippen molar-refractivity contribution in [3.63, 3.8) is 0 Å². The highest BCUT2D eigenvalue weighted by Gasteiger charge is 2.25. The van der Waals surface area contributed by atoms with E-state index in [-0.39, 0.29) is 11.3 Å². The Morgan fingerprint density at radius 3 is 2.47 bits per heavy atom. The van der Waals surface area contributed by atoms with E-state index in [1.807, 2.05) is 12.1 Å². The maximum absolute atomic E-state index is 12.7. The number of nitrogens with zero attached hydrogens (tertiary/aromatic N) is 1. The lowest BCUT2D eigenvalue weighted by Crippen LogP contribution is -2.29. The van der Waals surface area contributed by atoms with E-state index in [1.165, 1.54) is 18.1 Å². The van der Waals surface area contributed by atoms with Gasteiger partial charge in [-0.1, -0.05) is 32.0 Å². The molecular weight excluding hydrogens is 378 g/mol. The number of carbonyl (C=O) groups excluding carboxylic acids is 2. The largest absolute Gasteiger partial charge is 0.426 e. The molecule has 2 aromatic carbocycles. The van der Waals surface area contributed by atoms with Gasteiger partial charge in [0.2, 0.25) is 0 Å². The second-order valence-corrected chi connectivity index (χ2v) is 7.88. The minimum atomic E-state index is -0.528. The molecule has 160 valence electrons. The molecule has 0 radical (unpaired) electrons. The van der Waals surface area contributed by atoms with Crippen molar-refractivity contribution in [3.8, 4) is 11.5 Å². The van der Waals surface area contributed by atoms with Crippen LogP contribution in [0.15, 0.2) is 42.5 Å². The highest BCUT2D eigenvalue weighted by Crippen LogP contribution is 2.36. The van der Waals surface area contributed by atoms with Crippen LogP contribution >= 0.6 is 0 Å². The van der Waals surface area contributed by atoms with Crippen LogP contribution in [0.3, 0.4) is 0 Å². The van der Waals surface area contributed by atoms with E-state index in [4.69, 9.17) is 9.47 Å². The monoisotopic (exact) mass is 409 g/mol. The van der Waals surface area contributed by atoms with E-state index in [2.05, 4.69) is 24.8 Å². The molecule has 0 fully saturated rings. The van der Waals surface area contributed by atoms with Crippen LogP contribution in [0.4, 0.5) is 0 Å². The van der Waals surface area contributed by atoms with Gasteiger partial charge in [-0.15, -0.1) is 0 Å². The van der Waals surface area contributed by atoms with Crippen molar-refractivity contribution in [2.45, 2.75) is 52.4 Å². The van der Waals surface area contributed by atoms with Gasteiger partial charge >= 0.3 is 11.9 Å². The van der Waals surface area contributed by atoms with Crippen molar-refractivity contribution in [1.29, 1.82) is 0 Å². The molecule has 0 saturated heterocycles. The first kappa shape index (κ1) is 22.0. The van der Waals surface area contributed by atoms with Crippen molar-refractivity contribution >= 4 is 11.9 Å². The first-order valence-electron chi connectivity index (χ1n) is 10.9. The summed E-state index contributed by atoms with van der Waals surface area (Å²) < 4.78 is 10.8. The summed E-state index contributed by atoms with van der Waals surface area (Å²) in [7, 11) is 0. The predicted octanol–water partition coefficient (Wildman–Crippen LogP) is 4.98. The van der Waals surface area contributed by atoms with Gasteiger partial charge in [0, 0.05) is 13.5 Å². The smallest absolute Gasteiger partial charge is 0.347 e. The fraction of sp³-hybridized carbons (Fsp3) is 0.440. The number of aryl methyl sites for hydroxylation is 1. The lowest BCUT2D eigenvalue weighted by molar-refractivity contribution is -0.131. The molecule has 1 atom stereocenters. The summed E-state index contributed by atoms with van der Waals surface area (Å²) in [6.07, 6.45) is 4.50. The van der Waals surface area contributed by atoms with Gasteiger partial charge in [-0.25, -0.2) is 4.79 Å². The van der Waals surface area contributed by atoms with Gasteiger partial charge in [0.25, 0.3) is 0 Å². The van der Waals surface area contributed by atoms with Gasteiger partial charge in [0.1, 0.15) is 17.1 Å². The Kier molecular flexibility index (Phi) is 7.63. The van der Waals surface area contributed by atoms with Crippen LogP contribution in [0.1, 0.15) is 67.4 Å². The lowest BCUT2D eigenvalue weighted by Gasteiger charge is -2.25. The highest BCUT2D eigenvalue weighted by molar-refractivity contribution is 5.94. The Labute approximate surface area is 179 Å². The summed E-state index contributed by atoms with van der Waals surface area (Å²) >= 11 is 0. The molecule has 0 bridgehead atoms. The SMILES string of the molecule is CCCN(CCC)CC1CCc2ccc(OC(=O)c3ccccc3OC(C)=O)cc21. The Bertz CT molecular complexity index is 886. The number of rotatable bonds is 9. The van der Waals surface area contributed by atoms with Gasteiger partial charge in [0.05, 0.1) is 0 Å². The first-order chi connectivity index (χ1) is 14.5. The van der Waals surface area contributed by atoms with Crippen LogP contribution < -0.4 is 9.47 Å². The number of para-hydroxylation sites is 1.